The molecule has 19 heavy (non-hydrogen) atoms. The molecular weight excluding hydrogens is 242 g/mol. The lowest BCUT2D eigenvalue weighted by Crippen LogP contribution is -2.14. The van der Waals surface area contributed by atoms with Crippen molar-refractivity contribution in [2.24, 2.45) is 0 Å². The Bertz CT molecular complexity index is 671. The molecule has 0 radical (unpaired) electrons. The molecule has 0 aliphatic rings. The van der Waals surface area contributed by atoms with E-state index in [9.17, 15) is 9.59 Å². The molecule has 0 bridgehead atoms. The Morgan fingerprint density at radius 2 is 2.11 bits per heavy atom. The largest absolute Gasteiger partial charge is 0.481 e. The number of rotatable bonds is 4. The van der Waals surface area contributed by atoms with Crippen molar-refractivity contribution in [1.82, 2.24) is 4.98 Å². The quantitative estimate of drug-likeness (QED) is 0.886. The van der Waals surface area contributed by atoms with Crippen molar-refractivity contribution in [2.75, 3.05) is 0 Å². The predicted octanol–water partition coefficient (Wildman–Crippen LogP) is 2.67. The van der Waals surface area contributed by atoms with Gasteiger partial charge in [-0.05, 0) is 29.4 Å². The lowest BCUT2D eigenvalue weighted by molar-refractivity contribution is -0.136. The van der Waals surface area contributed by atoms with Gasteiger partial charge >= 0.3 is 5.97 Å². The van der Waals surface area contributed by atoms with Crippen molar-refractivity contribution in [3.8, 4) is 0 Å². The van der Waals surface area contributed by atoms with Crippen molar-refractivity contribution >= 4 is 16.9 Å². The second-order valence-corrected chi connectivity index (χ2v) is 4.98. The number of carboxylic acids is 1. The van der Waals surface area contributed by atoms with Gasteiger partial charge in [0.05, 0.1) is 5.52 Å². The van der Waals surface area contributed by atoms with Crippen LogP contribution < -0.4 is 5.56 Å². The van der Waals surface area contributed by atoms with Gasteiger partial charge in [-0.3, -0.25) is 9.59 Å². The summed E-state index contributed by atoms with van der Waals surface area (Å²) in [5.41, 5.74) is 2.28. The first-order chi connectivity index (χ1) is 8.99. The Kier molecular flexibility index (Phi) is 3.69. The summed E-state index contributed by atoms with van der Waals surface area (Å²) in [5, 5.41) is 9.63. The summed E-state index contributed by atoms with van der Waals surface area (Å²) in [6.45, 7) is 4.15. The number of benzene rings is 1. The third-order valence-electron chi connectivity index (χ3n) is 3.22. The molecule has 0 unspecified atom stereocenters. The average molecular weight is 259 g/mol. The van der Waals surface area contributed by atoms with Crippen LogP contribution in [0.3, 0.4) is 0 Å². The molecule has 0 amide bonds. The van der Waals surface area contributed by atoms with E-state index in [0.717, 1.165) is 16.5 Å². The maximum atomic E-state index is 12.0. The van der Waals surface area contributed by atoms with E-state index in [1.54, 1.807) is 6.07 Å². The van der Waals surface area contributed by atoms with Gasteiger partial charge in [-0.15, -0.1) is 0 Å². The molecule has 1 aromatic carbocycles. The fourth-order valence-corrected chi connectivity index (χ4v) is 2.21. The third-order valence-corrected chi connectivity index (χ3v) is 3.22. The zero-order chi connectivity index (χ0) is 14.0. The number of carboxylic acid groups (broad SMARTS) is 1. The highest BCUT2D eigenvalue weighted by Crippen LogP contribution is 2.23. The van der Waals surface area contributed by atoms with Crippen LogP contribution in [0, 0.1) is 0 Å². The van der Waals surface area contributed by atoms with Gasteiger partial charge in [-0.1, -0.05) is 32.0 Å². The van der Waals surface area contributed by atoms with Crippen LogP contribution in [0.4, 0.5) is 0 Å². The third kappa shape index (κ3) is 2.84. The fraction of sp³-hybridized carbons (Fsp3) is 0.333. The molecule has 2 rings (SSSR count). The lowest BCUT2D eigenvalue weighted by Gasteiger charge is -2.10. The number of H-pyrrole nitrogens is 1. The molecular formula is C15H17NO3. The van der Waals surface area contributed by atoms with E-state index >= 15 is 0 Å². The Morgan fingerprint density at radius 1 is 1.37 bits per heavy atom. The normalized spacial score (nSPS) is 11.1. The number of carbonyl (C=O) groups is 1. The van der Waals surface area contributed by atoms with Crippen LogP contribution in [0.1, 0.15) is 37.3 Å². The molecule has 0 spiro atoms. The van der Waals surface area contributed by atoms with Gasteiger partial charge in [-0.2, -0.15) is 0 Å². The van der Waals surface area contributed by atoms with Gasteiger partial charge in [0, 0.05) is 12.0 Å². The topological polar surface area (TPSA) is 70.2 Å². The molecule has 4 heteroatoms. The number of hydrogen-bond donors (Lipinski definition) is 2. The number of aryl methyl sites for hydroxylation is 1. The Hall–Kier alpha value is -2.10. The molecule has 1 aromatic heterocycles. The van der Waals surface area contributed by atoms with Crippen LogP contribution in [-0.4, -0.2) is 16.1 Å². The molecule has 0 saturated heterocycles. The summed E-state index contributed by atoms with van der Waals surface area (Å²) in [4.78, 5) is 25.4. The average Bonchev–Trinajstić information content (AvgIpc) is 2.35. The molecule has 0 aliphatic carbocycles. The molecule has 100 valence electrons. The number of aromatic amines is 1. The van der Waals surface area contributed by atoms with E-state index in [-0.39, 0.29) is 18.4 Å². The number of hydrogen-bond acceptors (Lipinski definition) is 2. The summed E-state index contributed by atoms with van der Waals surface area (Å²) in [7, 11) is 0. The molecule has 4 nitrogen and oxygen atoms in total. The minimum absolute atomic E-state index is 0.0293. The summed E-state index contributed by atoms with van der Waals surface area (Å²) < 4.78 is 0. The van der Waals surface area contributed by atoms with Gasteiger partial charge < -0.3 is 10.1 Å². The summed E-state index contributed by atoms with van der Waals surface area (Å²) in [6, 6.07) is 7.68. The van der Waals surface area contributed by atoms with Crippen molar-refractivity contribution in [1.29, 1.82) is 0 Å². The highest BCUT2D eigenvalue weighted by Gasteiger charge is 2.09. The maximum absolute atomic E-state index is 12.0. The Morgan fingerprint density at radius 3 is 2.74 bits per heavy atom. The van der Waals surface area contributed by atoms with Crippen LogP contribution in [0.2, 0.25) is 0 Å². The first-order valence-electron chi connectivity index (χ1n) is 6.35. The van der Waals surface area contributed by atoms with E-state index in [0.29, 0.717) is 11.5 Å². The second-order valence-electron chi connectivity index (χ2n) is 4.98. The summed E-state index contributed by atoms with van der Waals surface area (Å²) >= 11 is 0. The highest BCUT2D eigenvalue weighted by atomic mass is 16.4. The van der Waals surface area contributed by atoms with Crippen molar-refractivity contribution in [3.05, 3.63) is 45.7 Å². The van der Waals surface area contributed by atoms with Crippen molar-refractivity contribution in [2.45, 2.75) is 32.6 Å². The van der Waals surface area contributed by atoms with Crippen molar-refractivity contribution in [3.63, 3.8) is 0 Å². The molecule has 0 saturated carbocycles. The predicted molar refractivity (Wildman–Crippen MR) is 74.6 cm³/mol. The molecule has 0 aliphatic heterocycles. The first kappa shape index (κ1) is 13.3. The Labute approximate surface area is 111 Å². The molecule has 0 atom stereocenters. The van der Waals surface area contributed by atoms with E-state index in [1.165, 1.54) is 0 Å². The summed E-state index contributed by atoms with van der Waals surface area (Å²) in [6.07, 6.45) is 0.227. The van der Waals surface area contributed by atoms with Gasteiger partial charge in [0.15, 0.2) is 0 Å². The molecule has 0 fully saturated rings. The van der Waals surface area contributed by atoms with Gasteiger partial charge in [-0.25, -0.2) is 0 Å². The van der Waals surface area contributed by atoms with Crippen LogP contribution in [0.25, 0.3) is 10.9 Å². The molecule has 2 aromatic rings. The Balaban J connectivity index is 2.52. The monoisotopic (exact) mass is 259 g/mol. The number of fused-ring (bicyclic) bond motifs is 1. The number of aliphatic carboxylic acids is 1. The van der Waals surface area contributed by atoms with Gasteiger partial charge in [0.2, 0.25) is 0 Å². The summed E-state index contributed by atoms with van der Waals surface area (Å²) in [5.74, 6) is -0.570. The number of aromatic nitrogens is 1. The number of para-hydroxylation sites is 1. The lowest BCUT2D eigenvalue weighted by atomic mass is 9.98. The number of nitrogens with one attached hydrogen (secondary N) is 1. The van der Waals surface area contributed by atoms with Crippen LogP contribution >= 0.6 is 0 Å². The van der Waals surface area contributed by atoms with E-state index in [2.05, 4.69) is 18.8 Å². The maximum Gasteiger partial charge on any atom is 0.303 e. The van der Waals surface area contributed by atoms with Crippen LogP contribution in [0.15, 0.2) is 29.1 Å². The van der Waals surface area contributed by atoms with E-state index in [4.69, 9.17) is 5.11 Å². The zero-order valence-electron chi connectivity index (χ0n) is 11.1. The van der Waals surface area contributed by atoms with Gasteiger partial charge in [0.25, 0.3) is 5.56 Å². The van der Waals surface area contributed by atoms with Crippen LogP contribution in [-0.2, 0) is 11.2 Å². The molecule has 2 N–H and O–H groups in total. The van der Waals surface area contributed by atoms with Crippen molar-refractivity contribution < 1.29 is 9.90 Å². The van der Waals surface area contributed by atoms with E-state index in [1.807, 2.05) is 18.2 Å². The smallest absolute Gasteiger partial charge is 0.303 e. The fourth-order valence-electron chi connectivity index (χ4n) is 2.21. The SMILES string of the molecule is CC(C)c1cccc2cc(CCC(=O)O)c(=O)[nH]c12. The van der Waals surface area contributed by atoms with E-state index < -0.39 is 5.97 Å². The minimum Gasteiger partial charge on any atom is -0.481 e. The number of pyridine rings is 1. The van der Waals surface area contributed by atoms with Crippen LogP contribution in [0.5, 0.6) is 0 Å². The van der Waals surface area contributed by atoms with Gasteiger partial charge in [0.1, 0.15) is 0 Å². The highest BCUT2D eigenvalue weighted by molar-refractivity contribution is 5.82. The minimum atomic E-state index is -0.893. The zero-order valence-corrected chi connectivity index (χ0v) is 11.1. The first-order valence-corrected chi connectivity index (χ1v) is 6.35. The second kappa shape index (κ2) is 5.26. The standard InChI is InChI=1S/C15H17NO3/c1-9(2)12-5-3-4-10-8-11(6-7-13(17)18)15(19)16-14(10)12/h3-5,8-9H,6-7H2,1-2H3,(H,16,19)(H,17,18). The molecule has 1 heterocycles.